The Kier molecular flexibility index (Phi) is 5.13. The molecule has 0 fully saturated rings. The Morgan fingerprint density at radius 2 is 1.72 bits per heavy atom. The number of alkyl halides is 3. The first-order chi connectivity index (χ1) is 13.8. The SMILES string of the molecule is [2H][C@@]1(c2ccc(C(F)(F)F)cc2)OC(N)=C(OS(=O)(=O)Cc2ccc(Cl)cc2)C1=O. The minimum atomic E-state index is -4.62. The number of ketones is 1. The minimum absolute atomic E-state index is 0.280. The molecular weight excluding hydrogens is 435 g/mol. The van der Waals surface area contributed by atoms with Crippen LogP contribution in [0.1, 0.15) is 24.1 Å². The summed E-state index contributed by atoms with van der Waals surface area (Å²) in [6.07, 6.45) is -7.20. The molecule has 29 heavy (non-hydrogen) atoms. The normalized spacial score (nSPS) is 20.4. The lowest BCUT2D eigenvalue weighted by molar-refractivity contribution is -0.137. The standard InChI is InChI=1S/C18H13ClF3NO5S/c19-13-7-1-10(2-8-13)9-29(25,26)28-16-14(24)15(27-17(16)23)11-3-5-12(6-4-11)18(20,21)22/h1-8,15H,9,23H2/t15-/m0/s1/i15D. The Balaban J connectivity index is 1.81. The van der Waals surface area contributed by atoms with Crippen LogP contribution in [0.2, 0.25) is 5.02 Å². The second-order valence-corrected chi connectivity index (χ2v) is 7.95. The van der Waals surface area contributed by atoms with Crippen molar-refractivity contribution in [3.8, 4) is 0 Å². The molecule has 2 N–H and O–H groups in total. The van der Waals surface area contributed by atoms with Crippen LogP contribution in [0.5, 0.6) is 0 Å². The third-order valence-corrected chi connectivity index (χ3v) is 5.15. The molecule has 0 aromatic heterocycles. The average Bonchev–Trinajstić information content (AvgIpc) is 2.87. The molecule has 11 heteroatoms. The zero-order valence-electron chi connectivity index (χ0n) is 15.4. The van der Waals surface area contributed by atoms with Gasteiger partial charge in [-0.05, 0) is 29.8 Å². The molecule has 1 atom stereocenters. The van der Waals surface area contributed by atoms with Crippen LogP contribution in [0.25, 0.3) is 0 Å². The summed E-state index contributed by atoms with van der Waals surface area (Å²) >= 11 is 5.73. The highest BCUT2D eigenvalue weighted by Gasteiger charge is 2.40. The largest absolute Gasteiger partial charge is 0.460 e. The topological polar surface area (TPSA) is 95.7 Å². The quantitative estimate of drug-likeness (QED) is 0.701. The van der Waals surface area contributed by atoms with Crippen molar-refractivity contribution in [2.45, 2.75) is 18.0 Å². The summed E-state index contributed by atoms with van der Waals surface area (Å²) in [6, 6.07) is 8.85. The summed E-state index contributed by atoms with van der Waals surface area (Å²) in [4.78, 5) is 12.6. The summed E-state index contributed by atoms with van der Waals surface area (Å²) in [5.41, 5.74) is 4.56. The van der Waals surface area contributed by atoms with Crippen LogP contribution < -0.4 is 5.73 Å². The average molecular weight is 449 g/mol. The van der Waals surface area contributed by atoms with Gasteiger partial charge in [0.2, 0.25) is 17.4 Å². The van der Waals surface area contributed by atoms with Crippen LogP contribution in [-0.4, -0.2) is 14.2 Å². The molecule has 0 spiro atoms. The van der Waals surface area contributed by atoms with Crippen molar-refractivity contribution in [3.05, 3.63) is 81.9 Å². The van der Waals surface area contributed by atoms with Crippen LogP contribution in [0, 0.1) is 0 Å². The first kappa shape index (κ1) is 19.6. The van der Waals surface area contributed by atoms with E-state index in [1.807, 2.05) is 0 Å². The zero-order chi connectivity index (χ0) is 22.3. The second kappa shape index (κ2) is 7.60. The molecule has 0 aliphatic carbocycles. The number of nitrogens with two attached hydrogens (primary N) is 1. The monoisotopic (exact) mass is 448 g/mol. The number of ether oxygens (including phenoxy) is 1. The maximum absolute atomic E-state index is 12.7. The third-order valence-electron chi connectivity index (χ3n) is 3.79. The molecule has 1 aliphatic rings. The summed E-state index contributed by atoms with van der Waals surface area (Å²) in [7, 11) is -4.37. The van der Waals surface area contributed by atoms with Gasteiger partial charge in [0.25, 0.3) is 0 Å². The number of hydrogen-bond donors (Lipinski definition) is 1. The lowest BCUT2D eigenvalue weighted by Gasteiger charge is -2.12. The number of benzene rings is 2. The van der Waals surface area contributed by atoms with Crippen LogP contribution >= 0.6 is 11.6 Å². The Bertz CT molecular complexity index is 1120. The molecule has 1 heterocycles. The van der Waals surface area contributed by atoms with Crippen molar-refractivity contribution in [2.24, 2.45) is 5.73 Å². The van der Waals surface area contributed by atoms with Gasteiger partial charge in [0, 0.05) is 10.6 Å². The van der Waals surface area contributed by atoms with Crippen LogP contribution in [-0.2, 0) is 35.8 Å². The lowest BCUT2D eigenvalue weighted by atomic mass is 10.0. The molecule has 0 saturated heterocycles. The van der Waals surface area contributed by atoms with E-state index in [4.69, 9.17) is 27.6 Å². The van der Waals surface area contributed by atoms with Gasteiger partial charge in [-0.1, -0.05) is 35.9 Å². The van der Waals surface area contributed by atoms with E-state index in [9.17, 15) is 26.4 Å². The number of Topliss-reactive ketones (excluding diaryl/α,β-unsaturated/α-hetero) is 1. The van der Waals surface area contributed by atoms with Crippen molar-refractivity contribution in [2.75, 3.05) is 0 Å². The number of hydrogen-bond acceptors (Lipinski definition) is 6. The van der Waals surface area contributed by atoms with Crippen molar-refractivity contribution in [1.82, 2.24) is 0 Å². The lowest BCUT2D eigenvalue weighted by Crippen LogP contribution is -2.16. The number of halogens is 4. The van der Waals surface area contributed by atoms with Crippen molar-refractivity contribution in [3.63, 3.8) is 0 Å². The highest BCUT2D eigenvalue weighted by molar-refractivity contribution is 7.86. The van der Waals surface area contributed by atoms with Gasteiger partial charge in [0.15, 0.2) is 6.08 Å². The molecule has 0 unspecified atom stereocenters. The molecule has 3 rings (SSSR count). The van der Waals surface area contributed by atoms with Gasteiger partial charge < -0.3 is 14.7 Å². The Morgan fingerprint density at radius 1 is 1.14 bits per heavy atom. The highest BCUT2D eigenvalue weighted by atomic mass is 35.5. The van der Waals surface area contributed by atoms with Gasteiger partial charge in [-0.2, -0.15) is 21.6 Å². The fraction of sp³-hybridized carbons (Fsp3) is 0.167. The molecule has 0 amide bonds. The van der Waals surface area contributed by atoms with E-state index in [0.29, 0.717) is 22.7 Å². The van der Waals surface area contributed by atoms with E-state index in [0.717, 1.165) is 12.1 Å². The third kappa shape index (κ3) is 4.83. The maximum atomic E-state index is 12.7. The van der Waals surface area contributed by atoms with Crippen LogP contribution in [0.3, 0.4) is 0 Å². The van der Waals surface area contributed by atoms with E-state index in [1.54, 1.807) is 0 Å². The van der Waals surface area contributed by atoms with Crippen LogP contribution in [0.15, 0.2) is 60.2 Å². The smallest absolute Gasteiger partial charge is 0.416 e. The first-order valence-electron chi connectivity index (χ1n) is 8.40. The predicted molar refractivity (Wildman–Crippen MR) is 96.7 cm³/mol. The Labute approximate surface area is 170 Å². The minimum Gasteiger partial charge on any atom is -0.460 e. The first-order valence-corrected chi connectivity index (χ1v) is 9.85. The van der Waals surface area contributed by atoms with E-state index in [2.05, 4.69) is 0 Å². The number of rotatable bonds is 5. The van der Waals surface area contributed by atoms with E-state index < -0.39 is 51.1 Å². The molecule has 0 saturated carbocycles. The number of carbonyl (C=O) groups excluding carboxylic acids is 1. The van der Waals surface area contributed by atoms with Crippen molar-refractivity contribution in [1.29, 1.82) is 0 Å². The van der Waals surface area contributed by atoms with Gasteiger partial charge in [0.1, 0.15) is 5.75 Å². The molecule has 0 bridgehead atoms. The fourth-order valence-electron chi connectivity index (χ4n) is 2.44. The van der Waals surface area contributed by atoms with Gasteiger partial charge in [-0.3, -0.25) is 4.79 Å². The van der Waals surface area contributed by atoms with E-state index in [1.165, 1.54) is 24.3 Å². The summed E-state index contributed by atoms with van der Waals surface area (Å²) in [5, 5.41) is 0.388. The molecule has 1 aliphatic heterocycles. The second-order valence-electron chi connectivity index (χ2n) is 5.94. The van der Waals surface area contributed by atoms with Crippen LogP contribution in [0.4, 0.5) is 13.2 Å². The molecule has 6 nitrogen and oxygen atoms in total. The van der Waals surface area contributed by atoms with Crippen molar-refractivity contribution >= 4 is 27.5 Å². The van der Waals surface area contributed by atoms with Crippen molar-refractivity contribution < 1.29 is 36.7 Å². The molecule has 2 aromatic carbocycles. The number of carbonyl (C=O) groups is 1. The Morgan fingerprint density at radius 3 is 2.28 bits per heavy atom. The molecule has 2 aromatic rings. The van der Waals surface area contributed by atoms with Gasteiger partial charge in [-0.25, -0.2) is 0 Å². The highest BCUT2D eigenvalue weighted by Crippen LogP contribution is 2.35. The van der Waals surface area contributed by atoms with E-state index >= 15 is 0 Å². The predicted octanol–water partition coefficient (Wildman–Crippen LogP) is 3.67. The van der Waals surface area contributed by atoms with Gasteiger partial charge in [0.05, 0.1) is 6.93 Å². The summed E-state index contributed by atoms with van der Waals surface area (Å²) in [6.45, 7) is 0. The molecule has 0 radical (unpaired) electrons. The molecular formula is C18H13ClF3NO5S. The summed E-state index contributed by atoms with van der Waals surface area (Å²) < 4.78 is 80.7. The fourth-order valence-corrected chi connectivity index (χ4v) is 3.64. The zero-order valence-corrected chi connectivity index (χ0v) is 15.9. The van der Waals surface area contributed by atoms with Gasteiger partial charge >= 0.3 is 16.3 Å². The molecule has 154 valence electrons. The van der Waals surface area contributed by atoms with E-state index in [-0.39, 0.29) is 5.56 Å². The maximum Gasteiger partial charge on any atom is 0.416 e. The Hall–Kier alpha value is -2.72. The summed E-state index contributed by atoms with van der Waals surface area (Å²) in [5.74, 6) is -3.58. The van der Waals surface area contributed by atoms with Gasteiger partial charge in [-0.15, -0.1) is 0 Å².